The van der Waals surface area contributed by atoms with Gasteiger partial charge in [0.25, 0.3) is 0 Å². The molecule has 0 aliphatic carbocycles. The maximum atomic E-state index is 5.96. The van der Waals surface area contributed by atoms with Crippen LogP contribution in [0.25, 0.3) is 0 Å². The Morgan fingerprint density at radius 2 is 1.90 bits per heavy atom. The molecule has 20 heavy (non-hydrogen) atoms. The Bertz CT molecular complexity index is 549. The highest BCUT2D eigenvalue weighted by atomic mass is 16.5. The number of rotatable bonds is 5. The number of pyridine rings is 1. The number of ether oxygens (including phenoxy) is 1. The average Bonchev–Trinajstić information content (AvgIpc) is 2.47. The molecule has 0 spiro atoms. The highest BCUT2D eigenvalue weighted by molar-refractivity contribution is 5.39. The summed E-state index contributed by atoms with van der Waals surface area (Å²) in [6, 6.07) is 11.9. The second-order valence-corrected chi connectivity index (χ2v) is 5.23. The molecule has 1 aromatic carbocycles. The van der Waals surface area contributed by atoms with Gasteiger partial charge >= 0.3 is 0 Å². The molecule has 0 aliphatic rings. The molecular weight excluding hydrogens is 248 g/mol. The maximum Gasteiger partial charge on any atom is 0.145 e. The minimum Gasteiger partial charge on any atom is -0.455 e. The van der Waals surface area contributed by atoms with Crippen molar-refractivity contribution in [2.24, 2.45) is 5.73 Å². The van der Waals surface area contributed by atoms with E-state index in [-0.39, 0.29) is 6.04 Å². The molecule has 0 fully saturated rings. The minimum absolute atomic E-state index is 0.00741. The Morgan fingerprint density at radius 1 is 1.15 bits per heavy atom. The van der Waals surface area contributed by atoms with Crippen LogP contribution >= 0.6 is 0 Å². The van der Waals surface area contributed by atoms with Crippen LogP contribution in [0.1, 0.15) is 50.4 Å². The van der Waals surface area contributed by atoms with Crippen LogP contribution in [-0.4, -0.2) is 4.98 Å². The zero-order valence-corrected chi connectivity index (χ0v) is 12.3. The van der Waals surface area contributed by atoms with E-state index in [4.69, 9.17) is 10.5 Å². The average molecular weight is 270 g/mol. The fourth-order valence-electron chi connectivity index (χ4n) is 2.06. The lowest BCUT2D eigenvalue weighted by molar-refractivity contribution is 0.469. The van der Waals surface area contributed by atoms with Crippen molar-refractivity contribution in [1.29, 1.82) is 0 Å². The molecule has 0 bridgehead atoms. The fourth-order valence-corrected chi connectivity index (χ4v) is 2.06. The first kappa shape index (κ1) is 14.5. The van der Waals surface area contributed by atoms with Crippen molar-refractivity contribution >= 4 is 0 Å². The predicted molar refractivity (Wildman–Crippen MR) is 82.1 cm³/mol. The summed E-state index contributed by atoms with van der Waals surface area (Å²) < 4.78 is 5.94. The first-order valence-electron chi connectivity index (χ1n) is 7.10. The lowest BCUT2D eigenvalue weighted by Crippen LogP contribution is -2.10. The van der Waals surface area contributed by atoms with E-state index < -0.39 is 0 Å². The zero-order valence-electron chi connectivity index (χ0n) is 12.3. The van der Waals surface area contributed by atoms with Gasteiger partial charge in [0.05, 0.1) is 11.9 Å². The van der Waals surface area contributed by atoms with Gasteiger partial charge in [-0.25, -0.2) is 0 Å². The van der Waals surface area contributed by atoms with E-state index in [1.54, 1.807) is 6.20 Å². The normalized spacial score (nSPS) is 12.4. The lowest BCUT2D eigenvalue weighted by atomic mass is 10.0. The van der Waals surface area contributed by atoms with E-state index >= 15 is 0 Å². The molecule has 2 rings (SSSR count). The fraction of sp³-hybridized carbons (Fsp3) is 0.353. The zero-order chi connectivity index (χ0) is 14.5. The molecule has 1 unspecified atom stereocenters. The molecule has 0 amide bonds. The topological polar surface area (TPSA) is 48.1 Å². The molecule has 0 aliphatic heterocycles. The molecular formula is C17H22N2O. The van der Waals surface area contributed by atoms with Crippen molar-refractivity contribution in [2.45, 2.75) is 39.2 Å². The van der Waals surface area contributed by atoms with E-state index in [0.717, 1.165) is 23.6 Å². The van der Waals surface area contributed by atoms with Gasteiger partial charge in [-0.2, -0.15) is 0 Å². The van der Waals surface area contributed by atoms with Crippen molar-refractivity contribution in [3.63, 3.8) is 0 Å². The summed E-state index contributed by atoms with van der Waals surface area (Å²) in [5.41, 5.74) is 8.05. The van der Waals surface area contributed by atoms with Crippen LogP contribution in [-0.2, 0) is 0 Å². The van der Waals surface area contributed by atoms with Crippen molar-refractivity contribution < 1.29 is 4.74 Å². The van der Waals surface area contributed by atoms with Crippen LogP contribution < -0.4 is 10.5 Å². The number of para-hydroxylation sites is 1. The molecule has 1 atom stereocenters. The van der Waals surface area contributed by atoms with E-state index in [9.17, 15) is 0 Å². The second-order valence-electron chi connectivity index (χ2n) is 5.23. The van der Waals surface area contributed by atoms with Gasteiger partial charge < -0.3 is 10.5 Å². The Labute approximate surface area is 120 Å². The SMILES string of the molecule is CCC(N)c1ccc(Oc2ccccc2C(C)C)cn1. The summed E-state index contributed by atoms with van der Waals surface area (Å²) >= 11 is 0. The number of nitrogens with two attached hydrogens (primary N) is 1. The third kappa shape index (κ3) is 3.36. The summed E-state index contributed by atoms with van der Waals surface area (Å²) in [5, 5.41) is 0. The Kier molecular flexibility index (Phi) is 4.74. The molecule has 1 aromatic heterocycles. The molecule has 1 heterocycles. The summed E-state index contributed by atoms with van der Waals surface area (Å²) in [6.45, 7) is 6.36. The van der Waals surface area contributed by atoms with Crippen molar-refractivity contribution in [2.75, 3.05) is 0 Å². The van der Waals surface area contributed by atoms with Crippen LogP contribution in [0.5, 0.6) is 11.5 Å². The summed E-state index contributed by atoms with van der Waals surface area (Å²) in [4.78, 5) is 4.37. The van der Waals surface area contributed by atoms with E-state index in [1.165, 1.54) is 5.56 Å². The molecule has 106 valence electrons. The summed E-state index contributed by atoms with van der Waals surface area (Å²) in [6.07, 6.45) is 2.62. The van der Waals surface area contributed by atoms with Crippen LogP contribution in [0.4, 0.5) is 0 Å². The number of hydrogen-bond donors (Lipinski definition) is 1. The van der Waals surface area contributed by atoms with E-state index in [2.05, 4.69) is 31.8 Å². The third-order valence-corrected chi connectivity index (χ3v) is 3.35. The Balaban J connectivity index is 2.18. The lowest BCUT2D eigenvalue weighted by Gasteiger charge is -2.14. The second kappa shape index (κ2) is 6.53. The van der Waals surface area contributed by atoms with Crippen molar-refractivity contribution in [1.82, 2.24) is 4.98 Å². The van der Waals surface area contributed by atoms with Gasteiger partial charge in [0, 0.05) is 6.04 Å². The molecule has 0 saturated heterocycles. The van der Waals surface area contributed by atoms with Crippen LogP contribution in [0.3, 0.4) is 0 Å². The van der Waals surface area contributed by atoms with E-state index in [1.807, 2.05) is 30.3 Å². The molecule has 2 N–H and O–H groups in total. The largest absolute Gasteiger partial charge is 0.455 e. The van der Waals surface area contributed by atoms with Crippen LogP contribution in [0.2, 0.25) is 0 Å². The van der Waals surface area contributed by atoms with E-state index in [0.29, 0.717) is 5.92 Å². The molecule has 0 radical (unpaired) electrons. The van der Waals surface area contributed by atoms with Crippen molar-refractivity contribution in [3.8, 4) is 11.5 Å². The van der Waals surface area contributed by atoms with Gasteiger partial charge in [0.2, 0.25) is 0 Å². The Morgan fingerprint density at radius 3 is 2.50 bits per heavy atom. The molecule has 2 aromatic rings. The van der Waals surface area contributed by atoms with Gasteiger partial charge in [-0.15, -0.1) is 0 Å². The molecule has 3 nitrogen and oxygen atoms in total. The van der Waals surface area contributed by atoms with Gasteiger partial charge in [-0.1, -0.05) is 39.0 Å². The number of benzene rings is 1. The number of nitrogens with zero attached hydrogens (tertiary/aromatic N) is 1. The van der Waals surface area contributed by atoms with Crippen molar-refractivity contribution in [3.05, 3.63) is 53.9 Å². The third-order valence-electron chi connectivity index (χ3n) is 3.35. The standard InChI is InChI=1S/C17H22N2O/c1-4-15(18)16-10-9-13(11-19-16)20-17-8-6-5-7-14(17)12(2)3/h5-12,15H,4,18H2,1-3H3. The predicted octanol–water partition coefficient (Wildman–Crippen LogP) is 4.41. The van der Waals surface area contributed by atoms with Gasteiger partial charge in [0.15, 0.2) is 0 Å². The van der Waals surface area contributed by atoms with Gasteiger partial charge in [-0.3, -0.25) is 4.98 Å². The van der Waals surface area contributed by atoms with Gasteiger partial charge in [0.1, 0.15) is 11.5 Å². The smallest absolute Gasteiger partial charge is 0.145 e. The highest BCUT2D eigenvalue weighted by Crippen LogP contribution is 2.30. The first-order chi connectivity index (χ1) is 9.61. The van der Waals surface area contributed by atoms with Crippen LogP contribution in [0.15, 0.2) is 42.6 Å². The Hall–Kier alpha value is -1.87. The first-order valence-corrected chi connectivity index (χ1v) is 7.10. The summed E-state index contributed by atoms with van der Waals surface area (Å²) in [7, 11) is 0. The highest BCUT2D eigenvalue weighted by Gasteiger charge is 2.09. The molecule has 3 heteroatoms. The quantitative estimate of drug-likeness (QED) is 0.875. The van der Waals surface area contributed by atoms with Gasteiger partial charge in [-0.05, 0) is 36.1 Å². The van der Waals surface area contributed by atoms with Crippen LogP contribution in [0, 0.1) is 0 Å². The maximum absolute atomic E-state index is 5.96. The number of hydrogen-bond acceptors (Lipinski definition) is 3. The summed E-state index contributed by atoms with van der Waals surface area (Å²) in [5.74, 6) is 2.05. The minimum atomic E-state index is -0.00741. The number of aromatic nitrogens is 1. The molecule has 0 saturated carbocycles. The monoisotopic (exact) mass is 270 g/mol.